The summed E-state index contributed by atoms with van der Waals surface area (Å²) < 4.78 is 32.7. The summed E-state index contributed by atoms with van der Waals surface area (Å²) in [5.74, 6) is 7.68. The molecule has 174 valence electrons. The number of hydrazine groups is 1. The van der Waals surface area contributed by atoms with Crippen LogP contribution in [0, 0.1) is 5.92 Å². The highest BCUT2D eigenvalue weighted by molar-refractivity contribution is 7.92. The average molecular weight is 477 g/mol. The van der Waals surface area contributed by atoms with Crippen LogP contribution in [0.2, 0.25) is 0 Å². The van der Waals surface area contributed by atoms with Gasteiger partial charge in [-0.25, -0.2) is 13.4 Å². The molecule has 2 heterocycles. The van der Waals surface area contributed by atoms with Crippen LogP contribution in [0.25, 0.3) is 0 Å². The molecule has 1 saturated heterocycles. The number of sulfone groups is 1. The van der Waals surface area contributed by atoms with Crippen molar-refractivity contribution in [3.05, 3.63) is 59.2 Å². The summed E-state index contributed by atoms with van der Waals surface area (Å²) in [7, 11) is -3.29. The average Bonchev–Trinajstić information content (AvgIpc) is 3.47. The fraction of sp³-hybridized carbons (Fsp3) is 0.520. The molecule has 5 nitrogen and oxygen atoms in total. The monoisotopic (exact) mass is 476 g/mol. The molecular formula is C25H33ClN2O3S. The molecule has 0 bridgehead atoms. The summed E-state index contributed by atoms with van der Waals surface area (Å²) in [5, 5.41) is 1.73. The zero-order chi connectivity index (χ0) is 21.4. The number of rotatable bonds is 5. The summed E-state index contributed by atoms with van der Waals surface area (Å²) in [5.41, 5.74) is 3.31. The van der Waals surface area contributed by atoms with Gasteiger partial charge in [-0.2, -0.15) is 0 Å². The van der Waals surface area contributed by atoms with Crippen molar-refractivity contribution in [2.75, 3.05) is 13.2 Å². The molecule has 3 aliphatic rings. The molecule has 0 radical (unpaired) electrons. The molecule has 0 spiro atoms. The van der Waals surface area contributed by atoms with Crippen LogP contribution in [0.3, 0.4) is 0 Å². The Morgan fingerprint density at radius 3 is 2.53 bits per heavy atom. The maximum atomic E-state index is 13.3. The Kier molecular flexibility index (Phi) is 7.15. The quantitative estimate of drug-likeness (QED) is 0.637. The smallest absolute Gasteiger partial charge is 0.181 e. The normalized spacial score (nSPS) is 24.0. The number of nitrogens with zero attached hydrogens (tertiary/aromatic N) is 1. The Morgan fingerprint density at radius 1 is 1.03 bits per heavy atom. The van der Waals surface area contributed by atoms with Gasteiger partial charge in [-0.3, -0.25) is 5.84 Å². The van der Waals surface area contributed by atoms with Gasteiger partial charge in [0.05, 0.1) is 22.8 Å². The van der Waals surface area contributed by atoms with Crippen LogP contribution in [0.4, 0.5) is 0 Å². The lowest BCUT2D eigenvalue weighted by Gasteiger charge is -2.39. The van der Waals surface area contributed by atoms with E-state index in [4.69, 9.17) is 10.6 Å². The fourth-order valence-corrected chi connectivity index (χ4v) is 7.73. The van der Waals surface area contributed by atoms with Crippen molar-refractivity contribution in [2.24, 2.45) is 11.8 Å². The first-order valence-electron chi connectivity index (χ1n) is 11.6. The van der Waals surface area contributed by atoms with Crippen molar-refractivity contribution < 1.29 is 13.2 Å². The van der Waals surface area contributed by atoms with E-state index in [1.165, 1.54) is 5.56 Å². The molecule has 2 atom stereocenters. The van der Waals surface area contributed by atoms with Gasteiger partial charge in [-0.15, -0.1) is 12.4 Å². The summed E-state index contributed by atoms with van der Waals surface area (Å²) in [6, 6.07) is 14.4. The second-order valence-electron chi connectivity index (χ2n) is 9.32. The van der Waals surface area contributed by atoms with Gasteiger partial charge in [-0.05, 0) is 66.8 Å². The Balaban J connectivity index is 0.00000245. The van der Waals surface area contributed by atoms with Crippen LogP contribution < -0.4 is 10.6 Å². The number of hydrogen-bond donors (Lipinski definition) is 1. The van der Waals surface area contributed by atoms with E-state index in [1.807, 2.05) is 23.2 Å². The minimum Gasteiger partial charge on any atom is -0.493 e. The van der Waals surface area contributed by atoms with Crippen molar-refractivity contribution in [1.82, 2.24) is 5.01 Å². The number of ether oxygens (including phenoxy) is 1. The highest BCUT2D eigenvalue weighted by Gasteiger charge is 2.35. The fourth-order valence-electron chi connectivity index (χ4n) is 5.78. The molecule has 2 fully saturated rings. The van der Waals surface area contributed by atoms with E-state index in [1.54, 1.807) is 0 Å². The van der Waals surface area contributed by atoms with Crippen molar-refractivity contribution in [3.8, 4) is 5.75 Å². The van der Waals surface area contributed by atoms with Crippen LogP contribution >= 0.6 is 12.4 Å². The standard InChI is InChI=1S/C25H32N2O3S.ClH/c26-27-13-6-9-19(24(27)18-7-2-1-3-8-18)15-21-17-23(16-20-12-14-30-25(20)21)31(28,29)22-10-4-5-11-22;/h1-3,7-8,16-17,19,22,24H,4-6,9-15,26H2;1H/t19-,24+;/m0./s1. The van der Waals surface area contributed by atoms with Gasteiger partial charge in [-0.1, -0.05) is 43.2 Å². The first-order chi connectivity index (χ1) is 15.0. The zero-order valence-electron chi connectivity index (χ0n) is 18.4. The van der Waals surface area contributed by atoms with Gasteiger partial charge in [0.15, 0.2) is 9.84 Å². The van der Waals surface area contributed by atoms with Crippen molar-refractivity contribution in [3.63, 3.8) is 0 Å². The Hall–Kier alpha value is -1.60. The van der Waals surface area contributed by atoms with Gasteiger partial charge in [0, 0.05) is 13.0 Å². The highest BCUT2D eigenvalue weighted by Crippen LogP contribution is 2.41. The highest BCUT2D eigenvalue weighted by atomic mass is 35.5. The first-order valence-corrected chi connectivity index (χ1v) is 13.2. The molecule has 2 aromatic carbocycles. The lowest BCUT2D eigenvalue weighted by atomic mass is 9.81. The lowest BCUT2D eigenvalue weighted by molar-refractivity contribution is 0.0922. The third-order valence-corrected chi connectivity index (χ3v) is 9.56. The predicted molar refractivity (Wildman–Crippen MR) is 129 cm³/mol. The Morgan fingerprint density at radius 2 is 1.78 bits per heavy atom. The topological polar surface area (TPSA) is 72.6 Å². The van der Waals surface area contributed by atoms with Gasteiger partial charge in [0.1, 0.15) is 5.75 Å². The number of piperidine rings is 1. The van der Waals surface area contributed by atoms with Gasteiger partial charge >= 0.3 is 0 Å². The molecule has 2 aliphatic heterocycles. The van der Waals surface area contributed by atoms with Crippen LogP contribution in [-0.4, -0.2) is 31.8 Å². The van der Waals surface area contributed by atoms with Crippen LogP contribution in [-0.2, 0) is 22.7 Å². The third kappa shape index (κ3) is 4.43. The molecule has 0 aromatic heterocycles. The van der Waals surface area contributed by atoms with Crippen molar-refractivity contribution in [1.29, 1.82) is 0 Å². The Bertz CT molecular complexity index is 1040. The molecule has 1 aliphatic carbocycles. The second-order valence-corrected chi connectivity index (χ2v) is 11.5. The Labute approximate surface area is 197 Å². The van der Waals surface area contributed by atoms with Crippen molar-refractivity contribution in [2.45, 2.75) is 67.6 Å². The van der Waals surface area contributed by atoms with E-state index < -0.39 is 9.84 Å². The number of nitrogens with two attached hydrogens (primary N) is 1. The lowest BCUT2D eigenvalue weighted by Crippen LogP contribution is -2.44. The number of hydrogen-bond acceptors (Lipinski definition) is 5. The van der Waals surface area contributed by atoms with Crippen LogP contribution in [0.15, 0.2) is 47.4 Å². The molecule has 5 rings (SSSR count). The van der Waals surface area contributed by atoms with E-state index in [9.17, 15) is 8.42 Å². The van der Waals surface area contributed by atoms with Gasteiger partial charge in [0.25, 0.3) is 0 Å². The zero-order valence-corrected chi connectivity index (χ0v) is 20.0. The summed E-state index contributed by atoms with van der Waals surface area (Å²) >= 11 is 0. The molecule has 2 aromatic rings. The van der Waals surface area contributed by atoms with Crippen LogP contribution in [0.1, 0.15) is 61.3 Å². The van der Waals surface area contributed by atoms with Crippen LogP contribution in [0.5, 0.6) is 5.75 Å². The van der Waals surface area contributed by atoms with E-state index in [-0.39, 0.29) is 23.7 Å². The summed E-state index contributed by atoms with van der Waals surface area (Å²) in [4.78, 5) is 0.496. The molecule has 2 N–H and O–H groups in total. The van der Waals surface area contributed by atoms with Gasteiger partial charge in [0.2, 0.25) is 0 Å². The molecule has 32 heavy (non-hydrogen) atoms. The maximum Gasteiger partial charge on any atom is 0.181 e. The molecule has 0 amide bonds. The maximum absolute atomic E-state index is 13.3. The summed E-state index contributed by atoms with van der Waals surface area (Å²) in [6.07, 6.45) is 7.28. The largest absolute Gasteiger partial charge is 0.493 e. The molecule has 7 heteroatoms. The third-order valence-electron chi connectivity index (χ3n) is 7.32. The SMILES string of the molecule is Cl.NN1CCC[C@@H](Cc2cc(S(=O)(=O)C3CCCC3)cc3c2OCC3)[C@H]1c1ccccc1. The predicted octanol–water partition coefficient (Wildman–Crippen LogP) is 4.63. The minimum absolute atomic E-state index is 0. The molecule has 1 saturated carbocycles. The number of benzene rings is 2. The minimum atomic E-state index is -3.29. The van der Waals surface area contributed by atoms with E-state index in [0.717, 1.165) is 74.8 Å². The van der Waals surface area contributed by atoms with E-state index in [0.29, 0.717) is 17.4 Å². The number of fused-ring (bicyclic) bond motifs is 1. The van der Waals surface area contributed by atoms with E-state index >= 15 is 0 Å². The summed E-state index contributed by atoms with van der Waals surface area (Å²) in [6.45, 7) is 1.51. The molecular weight excluding hydrogens is 444 g/mol. The number of halogens is 1. The molecule has 0 unspecified atom stereocenters. The van der Waals surface area contributed by atoms with Gasteiger partial charge < -0.3 is 4.74 Å². The van der Waals surface area contributed by atoms with Crippen molar-refractivity contribution >= 4 is 22.2 Å². The first kappa shape index (κ1) is 23.6. The van der Waals surface area contributed by atoms with E-state index in [2.05, 4.69) is 24.3 Å². The second kappa shape index (κ2) is 9.72.